The summed E-state index contributed by atoms with van der Waals surface area (Å²) >= 11 is 6.22. The van der Waals surface area contributed by atoms with Crippen molar-refractivity contribution in [2.45, 2.75) is 25.8 Å². The summed E-state index contributed by atoms with van der Waals surface area (Å²) in [6.07, 6.45) is 3.96. The van der Waals surface area contributed by atoms with Crippen LogP contribution in [0.2, 0.25) is 5.02 Å². The van der Waals surface area contributed by atoms with E-state index in [4.69, 9.17) is 11.6 Å². The Hall–Kier alpha value is -1.07. The fourth-order valence-corrected chi connectivity index (χ4v) is 2.75. The smallest absolute Gasteiger partial charge is 0.224 e. The topological polar surface area (TPSA) is 44.3 Å². The number of likely N-dealkylation sites (tertiary alicyclic amines) is 1. The zero-order chi connectivity index (χ0) is 13.8. The number of nitrogens with one attached hydrogen (secondary N) is 1. The molecule has 1 fully saturated rings. The van der Waals surface area contributed by atoms with E-state index in [-0.39, 0.29) is 0 Å². The molecule has 1 aliphatic heterocycles. The molecule has 0 spiro atoms. The molecule has 0 atom stereocenters. The van der Waals surface area contributed by atoms with Gasteiger partial charge in [0.25, 0.3) is 0 Å². The van der Waals surface area contributed by atoms with E-state index >= 15 is 0 Å². The summed E-state index contributed by atoms with van der Waals surface area (Å²) in [5, 5.41) is 3.56. The van der Waals surface area contributed by atoms with Crippen molar-refractivity contribution in [3.05, 3.63) is 11.2 Å². The lowest BCUT2D eigenvalue weighted by molar-refractivity contribution is 0.220. The molecule has 0 aromatic carbocycles. The normalized spacial score (nSPS) is 17.5. The van der Waals surface area contributed by atoms with Gasteiger partial charge < -0.3 is 15.1 Å². The van der Waals surface area contributed by atoms with Gasteiger partial charge >= 0.3 is 0 Å². The van der Waals surface area contributed by atoms with Crippen LogP contribution in [-0.4, -0.2) is 54.6 Å². The average Bonchev–Trinajstić information content (AvgIpc) is 2.47. The Morgan fingerprint density at radius 1 is 1.47 bits per heavy atom. The number of hydrogen-bond acceptors (Lipinski definition) is 5. The van der Waals surface area contributed by atoms with E-state index in [0.717, 1.165) is 38.3 Å². The molecule has 1 saturated heterocycles. The SMILES string of the molecule is CCN1CCC(N(C)c2nc(NC)ncc2Cl)CC1. The predicted molar refractivity (Wildman–Crippen MR) is 80.1 cm³/mol. The first-order valence-corrected chi connectivity index (χ1v) is 7.19. The van der Waals surface area contributed by atoms with E-state index in [9.17, 15) is 0 Å². The Morgan fingerprint density at radius 3 is 2.74 bits per heavy atom. The van der Waals surface area contributed by atoms with Crippen LogP contribution in [0.3, 0.4) is 0 Å². The van der Waals surface area contributed by atoms with Crippen molar-refractivity contribution in [3.8, 4) is 0 Å². The molecule has 1 aromatic rings. The number of anilines is 2. The quantitative estimate of drug-likeness (QED) is 0.917. The second kappa shape index (κ2) is 6.39. The molecule has 1 aliphatic rings. The van der Waals surface area contributed by atoms with Gasteiger partial charge in [0.2, 0.25) is 5.95 Å². The molecule has 2 rings (SSSR count). The van der Waals surface area contributed by atoms with Gasteiger partial charge in [-0.1, -0.05) is 18.5 Å². The summed E-state index contributed by atoms with van der Waals surface area (Å²) in [5.74, 6) is 1.42. The first kappa shape index (κ1) is 14.3. The van der Waals surface area contributed by atoms with Gasteiger partial charge in [-0.2, -0.15) is 4.98 Å². The summed E-state index contributed by atoms with van der Waals surface area (Å²) in [7, 11) is 3.88. The molecular weight excluding hydrogens is 262 g/mol. The Balaban J connectivity index is 2.09. The highest BCUT2D eigenvalue weighted by atomic mass is 35.5. The fourth-order valence-electron chi connectivity index (χ4n) is 2.52. The first-order valence-electron chi connectivity index (χ1n) is 6.81. The Bertz CT molecular complexity index is 417. The number of hydrogen-bond donors (Lipinski definition) is 1. The number of halogens is 1. The van der Waals surface area contributed by atoms with Gasteiger partial charge in [0.1, 0.15) is 5.02 Å². The van der Waals surface area contributed by atoms with Crippen molar-refractivity contribution in [3.63, 3.8) is 0 Å². The Morgan fingerprint density at radius 2 is 2.16 bits per heavy atom. The fraction of sp³-hybridized carbons (Fsp3) is 0.692. The van der Waals surface area contributed by atoms with Gasteiger partial charge in [0.15, 0.2) is 5.82 Å². The third kappa shape index (κ3) is 3.28. The van der Waals surface area contributed by atoms with E-state index in [2.05, 4.69) is 39.1 Å². The van der Waals surface area contributed by atoms with E-state index in [1.165, 1.54) is 0 Å². The first-order chi connectivity index (χ1) is 9.15. The van der Waals surface area contributed by atoms with Crippen molar-refractivity contribution < 1.29 is 0 Å². The van der Waals surface area contributed by atoms with E-state index in [1.807, 2.05) is 7.05 Å². The highest BCUT2D eigenvalue weighted by Gasteiger charge is 2.24. The summed E-state index contributed by atoms with van der Waals surface area (Å²) in [4.78, 5) is 13.3. The second-order valence-electron chi connectivity index (χ2n) is 4.89. The number of rotatable bonds is 4. The molecule has 0 amide bonds. The maximum atomic E-state index is 6.22. The van der Waals surface area contributed by atoms with Crippen LogP contribution in [0.1, 0.15) is 19.8 Å². The molecule has 0 radical (unpaired) electrons. The van der Waals surface area contributed by atoms with Crippen LogP contribution < -0.4 is 10.2 Å². The number of nitrogens with zero attached hydrogens (tertiary/aromatic N) is 4. The molecule has 1 aromatic heterocycles. The van der Waals surface area contributed by atoms with Crippen LogP contribution in [-0.2, 0) is 0 Å². The van der Waals surface area contributed by atoms with Crippen molar-refractivity contribution in [2.75, 3.05) is 43.9 Å². The standard InChI is InChI=1S/C13H22ClN5/c1-4-19-7-5-10(6-8-19)18(3)12-11(14)9-16-13(15-2)17-12/h9-10H,4-8H2,1-3H3,(H,15,16,17). The van der Waals surface area contributed by atoms with E-state index < -0.39 is 0 Å². The average molecular weight is 284 g/mol. The Kier molecular flexibility index (Phi) is 4.82. The lowest BCUT2D eigenvalue weighted by Gasteiger charge is -2.37. The van der Waals surface area contributed by atoms with Crippen molar-refractivity contribution in [2.24, 2.45) is 0 Å². The molecule has 0 saturated carbocycles. The number of aromatic nitrogens is 2. The molecule has 106 valence electrons. The minimum atomic E-state index is 0.500. The predicted octanol–water partition coefficient (Wildman–Crippen LogP) is 2.09. The van der Waals surface area contributed by atoms with Crippen LogP contribution in [0, 0.1) is 0 Å². The van der Waals surface area contributed by atoms with Gasteiger partial charge in [-0.05, 0) is 19.4 Å². The van der Waals surface area contributed by atoms with Gasteiger partial charge in [0, 0.05) is 33.2 Å². The van der Waals surface area contributed by atoms with Gasteiger partial charge in [-0.3, -0.25) is 0 Å². The highest BCUT2D eigenvalue weighted by Crippen LogP contribution is 2.27. The zero-order valence-corrected chi connectivity index (χ0v) is 12.6. The van der Waals surface area contributed by atoms with E-state index in [1.54, 1.807) is 6.20 Å². The summed E-state index contributed by atoms with van der Waals surface area (Å²) < 4.78 is 0. The third-order valence-electron chi connectivity index (χ3n) is 3.84. The highest BCUT2D eigenvalue weighted by molar-refractivity contribution is 6.32. The molecule has 5 nitrogen and oxygen atoms in total. The summed E-state index contributed by atoms with van der Waals surface area (Å²) in [6, 6.07) is 0.500. The van der Waals surface area contributed by atoms with Crippen LogP contribution in [0.5, 0.6) is 0 Å². The zero-order valence-electron chi connectivity index (χ0n) is 11.9. The van der Waals surface area contributed by atoms with Crippen molar-refractivity contribution >= 4 is 23.4 Å². The monoisotopic (exact) mass is 283 g/mol. The third-order valence-corrected chi connectivity index (χ3v) is 4.10. The second-order valence-corrected chi connectivity index (χ2v) is 5.30. The lowest BCUT2D eigenvalue weighted by Crippen LogP contribution is -2.43. The Labute approximate surface area is 120 Å². The largest absolute Gasteiger partial charge is 0.357 e. The molecule has 6 heteroatoms. The minimum absolute atomic E-state index is 0.500. The summed E-state index contributed by atoms with van der Waals surface area (Å²) in [6.45, 7) is 5.64. The summed E-state index contributed by atoms with van der Waals surface area (Å²) in [5.41, 5.74) is 0. The molecule has 1 N–H and O–H groups in total. The molecule has 0 unspecified atom stereocenters. The molecule has 19 heavy (non-hydrogen) atoms. The molecule has 0 bridgehead atoms. The van der Waals surface area contributed by atoms with Crippen molar-refractivity contribution in [1.82, 2.24) is 14.9 Å². The molecule has 2 heterocycles. The van der Waals surface area contributed by atoms with Crippen LogP contribution >= 0.6 is 11.6 Å². The van der Waals surface area contributed by atoms with Crippen LogP contribution in [0.25, 0.3) is 0 Å². The number of piperidine rings is 1. The van der Waals surface area contributed by atoms with Crippen LogP contribution in [0.4, 0.5) is 11.8 Å². The molecule has 0 aliphatic carbocycles. The van der Waals surface area contributed by atoms with Gasteiger partial charge in [0.05, 0.1) is 6.20 Å². The van der Waals surface area contributed by atoms with Crippen molar-refractivity contribution in [1.29, 1.82) is 0 Å². The maximum Gasteiger partial charge on any atom is 0.224 e. The lowest BCUT2D eigenvalue weighted by atomic mass is 10.0. The van der Waals surface area contributed by atoms with E-state index in [0.29, 0.717) is 17.0 Å². The van der Waals surface area contributed by atoms with Gasteiger partial charge in [-0.25, -0.2) is 4.98 Å². The molecular formula is C13H22ClN5. The van der Waals surface area contributed by atoms with Gasteiger partial charge in [-0.15, -0.1) is 0 Å². The van der Waals surface area contributed by atoms with Crippen LogP contribution in [0.15, 0.2) is 6.20 Å². The minimum Gasteiger partial charge on any atom is -0.357 e. The maximum absolute atomic E-state index is 6.22.